The SMILES string of the molecule is COc1cccc(NC(SCc2cc(F)ccc2F)=C(C#N)C(=O)NCc2ccccc2)c1. The van der Waals surface area contributed by atoms with Gasteiger partial charge in [0.2, 0.25) is 0 Å². The van der Waals surface area contributed by atoms with Gasteiger partial charge < -0.3 is 15.4 Å². The Hall–Kier alpha value is -3.83. The molecule has 0 saturated heterocycles. The molecule has 0 aromatic heterocycles. The number of nitriles is 1. The zero-order valence-electron chi connectivity index (χ0n) is 17.8. The Morgan fingerprint density at radius 2 is 1.85 bits per heavy atom. The fourth-order valence-corrected chi connectivity index (χ4v) is 3.87. The van der Waals surface area contributed by atoms with E-state index >= 15 is 0 Å². The fraction of sp³-hybridized carbons (Fsp3) is 0.120. The first-order chi connectivity index (χ1) is 16.0. The number of halogens is 2. The van der Waals surface area contributed by atoms with Gasteiger partial charge in [-0.2, -0.15) is 5.26 Å². The number of nitrogens with one attached hydrogen (secondary N) is 2. The van der Waals surface area contributed by atoms with Crippen molar-refractivity contribution in [1.29, 1.82) is 5.26 Å². The normalized spacial score (nSPS) is 11.2. The summed E-state index contributed by atoms with van der Waals surface area (Å²) >= 11 is 1.03. The van der Waals surface area contributed by atoms with Gasteiger partial charge in [0.15, 0.2) is 0 Å². The van der Waals surface area contributed by atoms with E-state index in [0.29, 0.717) is 11.4 Å². The highest BCUT2D eigenvalue weighted by molar-refractivity contribution is 8.02. The summed E-state index contributed by atoms with van der Waals surface area (Å²) in [5.74, 6) is -1.14. The molecule has 0 spiro atoms. The smallest absolute Gasteiger partial charge is 0.264 e. The van der Waals surface area contributed by atoms with Crippen molar-refractivity contribution in [2.24, 2.45) is 0 Å². The van der Waals surface area contributed by atoms with Crippen LogP contribution in [-0.2, 0) is 17.1 Å². The molecule has 0 heterocycles. The molecule has 0 atom stereocenters. The molecule has 0 fully saturated rings. The Morgan fingerprint density at radius 3 is 2.58 bits per heavy atom. The van der Waals surface area contributed by atoms with Gasteiger partial charge in [0, 0.05) is 29.6 Å². The Kier molecular flexibility index (Phi) is 8.44. The number of rotatable bonds is 9. The van der Waals surface area contributed by atoms with Gasteiger partial charge in [-0.1, -0.05) is 36.4 Å². The van der Waals surface area contributed by atoms with Gasteiger partial charge in [0.1, 0.15) is 29.0 Å². The maximum Gasteiger partial charge on any atom is 0.264 e. The average molecular weight is 466 g/mol. The largest absolute Gasteiger partial charge is 0.497 e. The van der Waals surface area contributed by atoms with E-state index in [1.54, 1.807) is 24.3 Å². The maximum absolute atomic E-state index is 14.1. The minimum absolute atomic E-state index is 0.00698. The van der Waals surface area contributed by atoms with Crippen LogP contribution < -0.4 is 15.4 Å². The molecule has 0 aliphatic heterocycles. The molecule has 2 N–H and O–H groups in total. The lowest BCUT2D eigenvalue weighted by Crippen LogP contribution is -2.25. The lowest BCUT2D eigenvalue weighted by molar-refractivity contribution is -0.117. The van der Waals surface area contributed by atoms with Crippen molar-refractivity contribution in [1.82, 2.24) is 5.32 Å². The molecule has 3 aromatic rings. The van der Waals surface area contributed by atoms with Crippen LogP contribution in [0.5, 0.6) is 5.75 Å². The van der Waals surface area contributed by atoms with E-state index in [1.165, 1.54) is 7.11 Å². The second-order valence-electron chi connectivity index (χ2n) is 6.87. The molecule has 0 unspecified atom stereocenters. The molecule has 0 radical (unpaired) electrons. The summed E-state index contributed by atoms with van der Waals surface area (Å²) in [5.41, 5.74) is 1.39. The average Bonchev–Trinajstić information content (AvgIpc) is 2.84. The van der Waals surface area contributed by atoms with Gasteiger partial charge >= 0.3 is 0 Å². The Bertz CT molecular complexity index is 1190. The van der Waals surface area contributed by atoms with Crippen molar-refractivity contribution in [3.8, 4) is 11.8 Å². The zero-order chi connectivity index (χ0) is 23.6. The zero-order valence-corrected chi connectivity index (χ0v) is 18.6. The van der Waals surface area contributed by atoms with Crippen molar-refractivity contribution in [2.75, 3.05) is 12.4 Å². The van der Waals surface area contributed by atoms with Crippen LogP contribution in [0.25, 0.3) is 0 Å². The highest BCUT2D eigenvalue weighted by atomic mass is 32.2. The lowest BCUT2D eigenvalue weighted by atomic mass is 10.2. The third-order valence-electron chi connectivity index (χ3n) is 4.57. The van der Waals surface area contributed by atoms with E-state index in [-0.39, 0.29) is 28.5 Å². The predicted molar refractivity (Wildman–Crippen MR) is 125 cm³/mol. The van der Waals surface area contributed by atoms with Gasteiger partial charge in [0.25, 0.3) is 5.91 Å². The second-order valence-corrected chi connectivity index (χ2v) is 7.85. The van der Waals surface area contributed by atoms with Crippen molar-refractivity contribution < 1.29 is 18.3 Å². The second kappa shape index (κ2) is 11.7. The first-order valence-corrected chi connectivity index (χ1v) is 10.9. The van der Waals surface area contributed by atoms with E-state index in [4.69, 9.17) is 4.74 Å². The third kappa shape index (κ3) is 6.82. The van der Waals surface area contributed by atoms with E-state index in [2.05, 4.69) is 10.6 Å². The van der Waals surface area contributed by atoms with Crippen molar-refractivity contribution >= 4 is 23.4 Å². The van der Waals surface area contributed by atoms with Gasteiger partial charge in [-0.15, -0.1) is 11.8 Å². The van der Waals surface area contributed by atoms with Crippen LogP contribution in [-0.4, -0.2) is 13.0 Å². The summed E-state index contributed by atoms with van der Waals surface area (Å²) < 4.78 is 32.9. The van der Waals surface area contributed by atoms with Crippen LogP contribution in [0, 0.1) is 23.0 Å². The number of thioether (sulfide) groups is 1. The number of ether oxygens (including phenoxy) is 1. The number of benzene rings is 3. The third-order valence-corrected chi connectivity index (χ3v) is 5.62. The van der Waals surface area contributed by atoms with Gasteiger partial charge in [0.05, 0.1) is 12.1 Å². The standard InChI is InChI=1S/C25H21F2N3O2S/c1-32-21-9-5-8-20(13-21)30-25(33-16-18-12-19(26)10-11-23(18)27)22(14-28)24(31)29-15-17-6-3-2-4-7-17/h2-13,30H,15-16H2,1H3,(H,29,31). The number of anilines is 1. The highest BCUT2D eigenvalue weighted by Gasteiger charge is 2.18. The molecular formula is C25H21F2N3O2S. The van der Waals surface area contributed by atoms with Gasteiger partial charge in [-0.3, -0.25) is 4.79 Å². The minimum Gasteiger partial charge on any atom is -0.497 e. The molecule has 5 nitrogen and oxygen atoms in total. The van der Waals surface area contributed by atoms with Crippen molar-refractivity contribution in [3.63, 3.8) is 0 Å². The summed E-state index contributed by atoms with van der Waals surface area (Å²) in [4.78, 5) is 12.8. The van der Waals surface area contributed by atoms with E-state index in [0.717, 1.165) is 35.5 Å². The van der Waals surface area contributed by atoms with E-state index < -0.39 is 17.5 Å². The van der Waals surface area contributed by atoms with Crippen LogP contribution in [0.2, 0.25) is 0 Å². The molecule has 3 rings (SSSR count). The molecule has 0 bridgehead atoms. The number of carbonyl (C=O) groups excluding carboxylic acids is 1. The number of amides is 1. The predicted octanol–water partition coefficient (Wildman–Crippen LogP) is 5.37. The first-order valence-electron chi connectivity index (χ1n) is 9.94. The van der Waals surface area contributed by atoms with Crippen LogP contribution >= 0.6 is 11.8 Å². The quantitative estimate of drug-likeness (QED) is 0.328. The molecule has 0 aliphatic carbocycles. The van der Waals surface area contributed by atoms with E-state index in [9.17, 15) is 18.8 Å². The summed E-state index contributed by atoms with van der Waals surface area (Å²) in [6, 6.07) is 21.3. The van der Waals surface area contributed by atoms with Crippen LogP contribution in [0.4, 0.5) is 14.5 Å². The summed E-state index contributed by atoms with van der Waals surface area (Å²) in [5, 5.41) is 15.7. The fourth-order valence-electron chi connectivity index (χ4n) is 2.88. The molecular weight excluding hydrogens is 444 g/mol. The molecule has 0 aliphatic rings. The van der Waals surface area contributed by atoms with Crippen molar-refractivity contribution in [2.45, 2.75) is 12.3 Å². The number of hydrogen-bond donors (Lipinski definition) is 2. The minimum atomic E-state index is -0.584. The lowest BCUT2D eigenvalue weighted by Gasteiger charge is -2.14. The number of methoxy groups -OCH3 is 1. The number of hydrogen-bond acceptors (Lipinski definition) is 5. The molecule has 8 heteroatoms. The van der Waals surface area contributed by atoms with Crippen LogP contribution in [0.1, 0.15) is 11.1 Å². The van der Waals surface area contributed by atoms with E-state index in [1.807, 2.05) is 36.4 Å². The summed E-state index contributed by atoms with van der Waals surface area (Å²) in [7, 11) is 1.52. The number of carbonyl (C=O) groups is 1. The molecule has 1 amide bonds. The summed E-state index contributed by atoms with van der Waals surface area (Å²) in [6.07, 6.45) is 0. The topological polar surface area (TPSA) is 74.1 Å². The maximum atomic E-state index is 14.1. The molecule has 3 aromatic carbocycles. The molecule has 33 heavy (non-hydrogen) atoms. The van der Waals surface area contributed by atoms with Crippen LogP contribution in [0.3, 0.4) is 0 Å². The van der Waals surface area contributed by atoms with Crippen LogP contribution in [0.15, 0.2) is 83.4 Å². The van der Waals surface area contributed by atoms with Crippen molar-refractivity contribution in [3.05, 3.63) is 106 Å². The summed E-state index contributed by atoms with van der Waals surface area (Å²) in [6.45, 7) is 0.237. The molecule has 168 valence electrons. The van der Waals surface area contributed by atoms with Gasteiger partial charge in [-0.05, 0) is 35.9 Å². The first kappa shape index (κ1) is 23.8. The molecule has 0 saturated carbocycles. The highest BCUT2D eigenvalue weighted by Crippen LogP contribution is 2.29. The Balaban J connectivity index is 1.88. The monoisotopic (exact) mass is 465 g/mol. The Morgan fingerprint density at radius 1 is 1.06 bits per heavy atom. The Labute approximate surface area is 195 Å². The number of nitrogens with zero attached hydrogens (tertiary/aromatic N) is 1. The van der Waals surface area contributed by atoms with Gasteiger partial charge in [-0.25, -0.2) is 8.78 Å².